The Balaban J connectivity index is 2.20. The molecule has 1 aromatic carbocycles. The molecule has 5 nitrogen and oxygen atoms in total. The van der Waals surface area contributed by atoms with Gasteiger partial charge in [0.25, 0.3) is 0 Å². The maximum absolute atomic E-state index is 11.7. The zero-order valence-electron chi connectivity index (χ0n) is 12.0. The van der Waals surface area contributed by atoms with Crippen LogP contribution in [-0.4, -0.2) is 47.8 Å². The van der Waals surface area contributed by atoms with Gasteiger partial charge in [-0.3, -0.25) is 4.90 Å². The molecule has 3 atom stereocenters. The van der Waals surface area contributed by atoms with Gasteiger partial charge in [0.15, 0.2) is 5.54 Å². The molecule has 0 bridgehead atoms. The predicted molar refractivity (Wildman–Crippen MR) is 76.4 cm³/mol. The van der Waals surface area contributed by atoms with Crippen LogP contribution in [0.25, 0.3) is 0 Å². The Labute approximate surface area is 119 Å². The molecule has 1 fully saturated rings. The fourth-order valence-corrected chi connectivity index (χ4v) is 2.78. The maximum Gasteiger partial charge on any atom is 0.329 e. The largest absolute Gasteiger partial charge is 0.480 e. The van der Waals surface area contributed by atoms with E-state index in [1.165, 1.54) is 0 Å². The zero-order valence-corrected chi connectivity index (χ0v) is 12.0. The quantitative estimate of drug-likeness (QED) is 0.860. The summed E-state index contributed by atoms with van der Waals surface area (Å²) in [5, 5.41) is 9.57. The molecule has 0 aliphatic carbocycles. The van der Waals surface area contributed by atoms with Gasteiger partial charge >= 0.3 is 5.97 Å². The minimum absolute atomic E-state index is 0.0903. The summed E-state index contributed by atoms with van der Waals surface area (Å²) in [7, 11) is 0. The lowest BCUT2D eigenvalue weighted by atomic mass is 9.90. The fourth-order valence-electron chi connectivity index (χ4n) is 2.78. The summed E-state index contributed by atoms with van der Waals surface area (Å²) in [5.74, 6) is -1.00. The Morgan fingerprint density at radius 1 is 1.35 bits per heavy atom. The number of hydrogen-bond donors (Lipinski definition) is 2. The average Bonchev–Trinajstić information content (AvgIpc) is 2.38. The van der Waals surface area contributed by atoms with Crippen molar-refractivity contribution in [2.45, 2.75) is 31.6 Å². The molecule has 0 saturated carbocycles. The van der Waals surface area contributed by atoms with Gasteiger partial charge in [-0.2, -0.15) is 0 Å². The number of benzene rings is 1. The van der Waals surface area contributed by atoms with Crippen molar-refractivity contribution in [3.63, 3.8) is 0 Å². The van der Waals surface area contributed by atoms with E-state index in [-0.39, 0.29) is 18.8 Å². The van der Waals surface area contributed by atoms with Crippen molar-refractivity contribution >= 4 is 5.97 Å². The topological polar surface area (TPSA) is 75.8 Å². The van der Waals surface area contributed by atoms with Crippen molar-refractivity contribution in [1.82, 2.24) is 4.90 Å². The molecule has 1 aromatic rings. The summed E-state index contributed by atoms with van der Waals surface area (Å²) in [6.07, 6.45) is 0.181. The highest BCUT2D eigenvalue weighted by Gasteiger charge is 2.39. The second-order valence-electron chi connectivity index (χ2n) is 5.59. The Morgan fingerprint density at radius 3 is 2.40 bits per heavy atom. The lowest BCUT2D eigenvalue weighted by Crippen LogP contribution is -2.57. The van der Waals surface area contributed by atoms with Crippen LogP contribution in [0.2, 0.25) is 0 Å². The smallest absolute Gasteiger partial charge is 0.329 e. The predicted octanol–water partition coefficient (Wildman–Crippen LogP) is 1.03. The van der Waals surface area contributed by atoms with Gasteiger partial charge in [0.05, 0.1) is 12.2 Å². The van der Waals surface area contributed by atoms with Crippen molar-refractivity contribution in [2.75, 3.05) is 19.6 Å². The molecule has 20 heavy (non-hydrogen) atoms. The summed E-state index contributed by atoms with van der Waals surface area (Å²) in [5.41, 5.74) is 5.44. The third-order valence-electron chi connectivity index (χ3n) is 3.64. The minimum Gasteiger partial charge on any atom is -0.480 e. The van der Waals surface area contributed by atoms with Crippen LogP contribution in [-0.2, 0) is 15.1 Å². The van der Waals surface area contributed by atoms with Gasteiger partial charge in [-0.1, -0.05) is 30.3 Å². The molecule has 1 aliphatic heterocycles. The summed E-state index contributed by atoms with van der Waals surface area (Å²) >= 11 is 0. The van der Waals surface area contributed by atoms with Crippen LogP contribution in [0, 0.1) is 0 Å². The lowest BCUT2D eigenvalue weighted by Gasteiger charge is -2.39. The number of nitrogens with zero attached hydrogens (tertiary/aromatic N) is 1. The number of nitrogens with two attached hydrogens (primary N) is 1. The first kappa shape index (κ1) is 15.0. The molecule has 3 N–H and O–H groups in total. The van der Waals surface area contributed by atoms with Crippen LogP contribution in [0.15, 0.2) is 30.3 Å². The van der Waals surface area contributed by atoms with Gasteiger partial charge in [-0.05, 0) is 19.4 Å². The maximum atomic E-state index is 11.7. The highest BCUT2D eigenvalue weighted by Crippen LogP contribution is 2.22. The van der Waals surface area contributed by atoms with Crippen molar-refractivity contribution in [1.29, 1.82) is 0 Å². The van der Waals surface area contributed by atoms with E-state index in [4.69, 9.17) is 10.5 Å². The zero-order chi connectivity index (χ0) is 14.8. The molecule has 0 amide bonds. The van der Waals surface area contributed by atoms with Crippen LogP contribution in [0.5, 0.6) is 0 Å². The monoisotopic (exact) mass is 278 g/mol. The Kier molecular flexibility index (Phi) is 4.42. The number of hydrogen-bond acceptors (Lipinski definition) is 4. The first-order chi connectivity index (χ1) is 9.41. The molecule has 1 saturated heterocycles. The van der Waals surface area contributed by atoms with Crippen LogP contribution >= 0.6 is 0 Å². The number of carboxylic acid groups (broad SMARTS) is 1. The van der Waals surface area contributed by atoms with Crippen LogP contribution in [0.4, 0.5) is 0 Å². The number of carbonyl (C=O) groups is 1. The molecule has 0 radical (unpaired) electrons. The van der Waals surface area contributed by atoms with Crippen LogP contribution in [0.3, 0.4) is 0 Å². The van der Waals surface area contributed by atoms with E-state index >= 15 is 0 Å². The molecular weight excluding hydrogens is 256 g/mol. The van der Waals surface area contributed by atoms with E-state index < -0.39 is 11.5 Å². The van der Waals surface area contributed by atoms with E-state index in [0.717, 1.165) is 0 Å². The molecule has 0 aromatic heterocycles. The minimum atomic E-state index is -1.39. The van der Waals surface area contributed by atoms with Gasteiger partial charge in [-0.15, -0.1) is 0 Å². The molecular formula is C15H22N2O3. The second kappa shape index (κ2) is 5.91. The molecule has 2 rings (SSSR count). The second-order valence-corrected chi connectivity index (χ2v) is 5.59. The lowest BCUT2D eigenvalue weighted by molar-refractivity contribution is -0.146. The molecule has 5 heteroatoms. The van der Waals surface area contributed by atoms with Crippen LogP contribution < -0.4 is 5.73 Å². The normalized spacial score (nSPS) is 26.9. The number of carboxylic acids is 1. The number of rotatable bonds is 4. The Morgan fingerprint density at radius 2 is 1.90 bits per heavy atom. The van der Waals surface area contributed by atoms with Crippen molar-refractivity contribution < 1.29 is 14.6 Å². The SMILES string of the molecule is C[C@@H]1CN(CC(N)(C(=O)O)c2ccccc2)C[C@H](C)O1. The first-order valence-electron chi connectivity index (χ1n) is 6.87. The van der Waals surface area contributed by atoms with Gasteiger partial charge < -0.3 is 15.6 Å². The molecule has 0 spiro atoms. The summed E-state index contributed by atoms with van der Waals surface area (Å²) in [6.45, 7) is 5.66. The van der Waals surface area contributed by atoms with Crippen molar-refractivity contribution in [3.05, 3.63) is 35.9 Å². The summed E-state index contributed by atoms with van der Waals surface area (Å²) in [4.78, 5) is 13.7. The fraction of sp³-hybridized carbons (Fsp3) is 0.533. The first-order valence-corrected chi connectivity index (χ1v) is 6.87. The summed E-state index contributed by atoms with van der Waals surface area (Å²) < 4.78 is 5.67. The highest BCUT2D eigenvalue weighted by atomic mass is 16.5. The van der Waals surface area contributed by atoms with Crippen LogP contribution in [0.1, 0.15) is 19.4 Å². The van der Waals surface area contributed by atoms with Gasteiger partial charge in [0.2, 0.25) is 0 Å². The van der Waals surface area contributed by atoms with E-state index in [0.29, 0.717) is 18.7 Å². The van der Waals surface area contributed by atoms with Gasteiger partial charge in [-0.25, -0.2) is 4.79 Å². The third-order valence-corrected chi connectivity index (χ3v) is 3.64. The van der Waals surface area contributed by atoms with Gasteiger partial charge in [0, 0.05) is 19.6 Å². The average molecular weight is 278 g/mol. The van der Waals surface area contributed by atoms with Crippen molar-refractivity contribution in [3.8, 4) is 0 Å². The standard InChI is InChI=1S/C15H22N2O3/c1-11-8-17(9-12(2)20-11)10-15(16,14(18)19)13-6-4-3-5-7-13/h3-7,11-12H,8-10,16H2,1-2H3,(H,18,19)/t11-,12+,15?. The molecule has 1 aliphatic rings. The molecule has 1 unspecified atom stereocenters. The number of morpholine rings is 1. The van der Waals surface area contributed by atoms with E-state index in [9.17, 15) is 9.90 Å². The summed E-state index contributed by atoms with van der Waals surface area (Å²) in [6, 6.07) is 9.00. The third kappa shape index (κ3) is 3.17. The van der Waals surface area contributed by atoms with Gasteiger partial charge in [0.1, 0.15) is 0 Å². The van der Waals surface area contributed by atoms with E-state index in [1.54, 1.807) is 12.1 Å². The van der Waals surface area contributed by atoms with Crippen molar-refractivity contribution in [2.24, 2.45) is 5.73 Å². The Hall–Kier alpha value is -1.43. The number of aliphatic carboxylic acids is 1. The number of ether oxygens (including phenoxy) is 1. The molecule has 1 heterocycles. The highest BCUT2D eigenvalue weighted by molar-refractivity contribution is 5.80. The molecule has 110 valence electrons. The Bertz CT molecular complexity index is 455. The van der Waals surface area contributed by atoms with E-state index in [1.807, 2.05) is 32.0 Å². The van der Waals surface area contributed by atoms with E-state index in [2.05, 4.69) is 4.90 Å².